The number of carbonyl (C=O) groups excluding carboxylic acids is 1. The molecule has 0 spiro atoms. The van der Waals surface area contributed by atoms with E-state index in [4.69, 9.17) is 9.26 Å². The Balaban J connectivity index is 1.18. The largest absolute Gasteiger partial charge is 0.493 e. The average molecular weight is 447 g/mol. The normalized spacial score (nSPS) is 16.4. The first-order chi connectivity index (χ1) is 16.0. The molecule has 0 aliphatic carbocycles. The molecule has 172 valence electrons. The molecule has 33 heavy (non-hydrogen) atoms. The van der Waals surface area contributed by atoms with E-state index in [1.807, 2.05) is 42.4 Å². The second-order valence-electron chi connectivity index (χ2n) is 8.93. The molecule has 0 unspecified atom stereocenters. The number of aromatic nitrogens is 2. The fraction of sp³-hybridized carbons (Fsp3) is 0.385. The van der Waals surface area contributed by atoms with E-state index in [9.17, 15) is 4.79 Å². The molecule has 5 rings (SSSR count). The van der Waals surface area contributed by atoms with Crippen LogP contribution < -0.4 is 4.74 Å². The van der Waals surface area contributed by atoms with Crippen molar-refractivity contribution >= 4 is 12.0 Å². The smallest absolute Gasteiger partial charge is 0.246 e. The Morgan fingerprint density at radius 2 is 1.91 bits per heavy atom. The van der Waals surface area contributed by atoms with Crippen LogP contribution in [0.5, 0.6) is 5.75 Å². The summed E-state index contributed by atoms with van der Waals surface area (Å²) in [7, 11) is 0. The Morgan fingerprint density at radius 3 is 2.67 bits per heavy atom. The van der Waals surface area contributed by atoms with Gasteiger partial charge in [0.1, 0.15) is 11.5 Å². The number of carbonyl (C=O) groups is 1. The first-order valence-electron chi connectivity index (χ1n) is 11.5. The van der Waals surface area contributed by atoms with Crippen LogP contribution in [0.25, 0.3) is 11.9 Å². The van der Waals surface area contributed by atoms with Gasteiger partial charge in [-0.1, -0.05) is 17.3 Å². The fourth-order valence-corrected chi connectivity index (χ4v) is 4.76. The maximum Gasteiger partial charge on any atom is 0.246 e. The van der Waals surface area contributed by atoms with Gasteiger partial charge in [0.2, 0.25) is 5.91 Å². The van der Waals surface area contributed by atoms with E-state index in [2.05, 4.69) is 34.3 Å². The van der Waals surface area contributed by atoms with Crippen molar-refractivity contribution in [3.8, 4) is 11.6 Å². The highest BCUT2D eigenvalue weighted by molar-refractivity contribution is 5.92. The minimum absolute atomic E-state index is 0.0615. The zero-order valence-corrected chi connectivity index (χ0v) is 19.5. The van der Waals surface area contributed by atoms with Gasteiger partial charge in [-0.3, -0.25) is 14.3 Å². The molecular formula is C26H30N4O3. The number of benzene rings is 1. The lowest BCUT2D eigenvalue weighted by atomic mass is 10.1. The van der Waals surface area contributed by atoms with Crippen molar-refractivity contribution < 1.29 is 14.1 Å². The van der Waals surface area contributed by atoms with Crippen LogP contribution in [0, 0.1) is 20.8 Å². The summed E-state index contributed by atoms with van der Waals surface area (Å²) >= 11 is 0. The molecule has 2 aliphatic heterocycles. The van der Waals surface area contributed by atoms with E-state index in [-0.39, 0.29) is 5.91 Å². The minimum atomic E-state index is 0.0615. The molecule has 1 amide bonds. The van der Waals surface area contributed by atoms with Crippen LogP contribution in [0.2, 0.25) is 0 Å². The van der Waals surface area contributed by atoms with Gasteiger partial charge in [-0.25, -0.2) is 0 Å². The van der Waals surface area contributed by atoms with E-state index < -0.39 is 0 Å². The Labute approximate surface area is 194 Å². The van der Waals surface area contributed by atoms with Gasteiger partial charge < -0.3 is 14.2 Å². The number of nitrogens with zero attached hydrogens (tertiary/aromatic N) is 4. The number of aryl methyl sites for hydroxylation is 2. The molecule has 0 bridgehead atoms. The summed E-state index contributed by atoms with van der Waals surface area (Å²) in [5.41, 5.74) is 5.73. The van der Waals surface area contributed by atoms with Crippen molar-refractivity contribution in [1.82, 2.24) is 19.5 Å². The second kappa shape index (κ2) is 8.90. The van der Waals surface area contributed by atoms with Crippen molar-refractivity contribution in [2.45, 2.75) is 33.7 Å². The highest BCUT2D eigenvalue weighted by Crippen LogP contribution is 2.26. The van der Waals surface area contributed by atoms with Crippen LogP contribution in [0.4, 0.5) is 0 Å². The molecule has 7 heteroatoms. The maximum absolute atomic E-state index is 12.8. The summed E-state index contributed by atoms with van der Waals surface area (Å²) in [6.07, 6.45) is 4.60. The molecule has 3 aromatic rings. The molecule has 4 heterocycles. The summed E-state index contributed by atoms with van der Waals surface area (Å²) in [4.78, 5) is 17.2. The summed E-state index contributed by atoms with van der Waals surface area (Å²) in [5, 5.41) is 4.12. The number of amides is 1. The summed E-state index contributed by atoms with van der Waals surface area (Å²) in [5.74, 6) is 2.62. The number of fused-ring (bicyclic) bond motifs is 1. The zero-order chi connectivity index (χ0) is 22.9. The molecule has 2 aromatic heterocycles. The van der Waals surface area contributed by atoms with E-state index in [1.165, 1.54) is 11.1 Å². The summed E-state index contributed by atoms with van der Waals surface area (Å²) < 4.78 is 12.9. The first-order valence-corrected chi connectivity index (χ1v) is 11.5. The van der Waals surface area contributed by atoms with Crippen LogP contribution in [0.3, 0.4) is 0 Å². The van der Waals surface area contributed by atoms with Gasteiger partial charge in [0.15, 0.2) is 5.82 Å². The van der Waals surface area contributed by atoms with Gasteiger partial charge in [0.05, 0.1) is 6.61 Å². The van der Waals surface area contributed by atoms with Crippen molar-refractivity contribution in [1.29, 1.82) is 0 Å². The predicted molar refractivity (Wildman–Crippen MR) is 127 cm³/mol. The van der Waals surface area contributed by atoms with Crippen LogP contribution in [-0.2, 0) is 17.8 Å². The van der Waals surface area contributed by atoms with Crippen molar-refractivity contribution in [2.24, 2.45) is 0 Å². The van der Waals surface area contributed by atoms with Gasteiger partial charge in [0, 0.05) is 62.7 Å². The average Bonchev–Trinajstić information content (AvgIpc) is 3.51. The lowest BCUT2D eigenvalue weighted by molar-refractivity contribution is -0.127. The number of ether oxygens (including phenoxy) is 1. The SMILES string of the molecule is Cc1cc(-n2c(C)cc(C=CC(=O)N3CCN(Cc4ccc5c(c4)CCO5)CC3)c2C)no1. The predicted octanol–water partition coefficient (Wildman–Crippen LogP) is 3.68. The minimum Gasteiger partial charge on any atom is -0.493 e. The van der Waals surface area contributed by atoms with Crippen LogP contribution in [0.15, 0.2) is 40.9 Å². The molecule has 0 atom stereocenters. The standard InChI is InChI=1S/C26H30N4O3/c1-18-14-22(20(3)30(18)25-15-19(2)33-27-25)5-7-26(31)29-11-9-28(10-12-29)17-21-4-6-24-23(16-21)8-13-32-24/h4-7,14-16H,8-13,17H2,1-3H3. The molecular weight excluding hydrogens is 416 g/mol. The highest BCUT2D eigenvalue weighted by atomic mass is 16.5. The van der Waals surface area contributed by atoms with Crippen LogP contribution in [0.1, 0.15) is 33.8 Å². The van der Waals surface area contributed by atoms with E-state index in [1.54, 1.807) is 6.08 Å². The topological polar surface area (TPSA) is 63.7 Å². The van der Waals surface area contributed by atoms with Crippen molar-refractivity contribution in [3.05, 3.63) is 70.2 Å². The Morgan fingerprint density at radius 1 is 1.09 bits per heavy atom. The van der Waals surface area contributed by atoms with E-state index >= 15 is 0 Å². The number of hydrogen-bond acceptors (Lipinski definition) is 5. The van der Waals surface area contributed by atoms with Crippen LogP contribution in [-0.4, -0.2) is 58.2 Å². The van der Waals surface area contributed by atoms with Gasteiger partial charge in [-0.15, -0.1) is 0 Å². The van der Waals surface area contributed by atoms with Gasteiger partial charge in [-0.05, 0) is 55.7 Å². The number of hydrogen-bond donors (Lipinski definition) is 0. The summed E-state index contributed by atoms with van der Waals surface area (Å²) in [6, 6.07) is 10.5. The lowest BCUT2D eigenvalue weighted by Crippen LogP contribution is -2.47. The van der Waals surface area contributed by atoms with Gasteiger partial charge in [0.25, 0.3) is 0 Å². The molecule has 1 aromatic carbocycles. The zero-order valence-electron chi connectivity index (χ0n) is 19.5. The molecule has 0 N–H and O–H groups in total. The van der Waals surface area contributed by atoms with E-state index in [0.717, 1.165) is 80.0 Å². The third kappa shape index (κ3) is 4.46. The fourth-order valence-electron chi connectivity index (χ4n) is 4.76. The number of rotatable bonds is 5. The third-order valence-corrected chi connectivity index (χ3v) is 6.56. The molecule has 2 aliphatic rings. The van der Waals surface area contributed by atoms with Crippen molar-refractivity contribution in [2.75, 3.05) is 32.8 Å². The Bertz CT molecular complexity index is 1200. The monoisotopic (exact) mass is 446 g/mol. The molecule has 0 saturated carbocycles. The van der Waals surface area contributed by atoms with Gasteiger partial charge >= 0.3 is 0 Å². The maximum atomic E-state index is 12.8. The molecule has 1 saturated heterocycles. The Hall–Kier alpha value is -3.32. The molecule has 1 fully saturated rings. The Kier molecular flexibility index (Phi) is 5.81. The van der Waals surface area contributed by atoms with Crippen LogP contribution >= 0.6 is 0 Å². The first kappa shape index (κ1) is 21.5. The second-order valence-corrected chi connectivity index (χ2v) is 8.93. The molecule has 0 radical (unpaired) electrons. The van der Waals surface area contributed by atoms with Gasteiger partial charge in [-0.2, -0.15) is 0 Å². The molecule has 7 nitrogen and oxygen atoms in total. The highest BCUT2D eigenvalue weighted by Gasteiger charge is 2.21. The summed E-state index contributed by atoms with van der Waals surface area (Å²) in [6.45, 7) is 10.9. The van der Waals surface area contributed by atoms with Crippen molar-refractivity contribution in [3.63, 3.8) is 0 Å². The quantitative estimate of drug-likeness (QED) is 0.560. The number of piperazine rings is 1. The van der Waals surface area contributed by atoms with E-state index in [0.29, 0.717) is 0 Å². The lowest BCUT2D eigenvalue weighted by Gasteiger charge is -2.34. The third-order valence-electron chi connectivity index (χ3n) is 6.56.